The third-order valence-electron chi connectivity index (χ3n) is 4.44. The number of carbonyl (C=O) groups excluding carboxylic acids is 2. The van der Waals surface area contributed by atoms with Gasteiger partial charge in [0.1, 0.15) is 0 Å². The Bertz CT molecular complexity index is 758. The van der Waals surface area contributed by atoms with Crippen LogP contribution in [0.4, 0.5) is 5.69 Å². The number of carbonyl (C=O) groups is 2. The molecule has 0 atom stereocenters. The molecule has 0 aromatic heterocycles. The van der Waals surface area contributed by atoms with Crippen molar-refractivity contribution in [2.24, 2.45) is 0 Å². The van der Waals surface area contributed by atoms with E-state index in [4.69, 9.17) is 4.74 Å². The standard InChI is InChI=1S/C21H25N3O3/c25-20(22-10-9-17-5-2-1-3-6-17)16-23-19-8-4-7-18(15-19)21(26)24-11-13-27-14-12-24/h1-8,15,23H,9-14,16H2,(H,22,25). The number of morpholine rings is 1. The highest BCUT2D eigenvalue weighted by Crippen LogP contribution is 2.13. The van der Waals surface area contributed by atoms with Gasteiger partial charge in [-0.3, -0.25) is 9.59 Å². The molecule has 3 rings (SSSR count). The monoisotopic (exact) mass is 367 g/mol. The van der Waals surface area contributed by atoms with Crippen LogP contribution in [0.5, 0.6) is 0 Å². The number of benzene rings is 2. The largest absolute Gasteiger partial charge is 0.378 e. The van der Waals surface area contributed by atoms with Crippen molar-refractivity contribution in [2.45, 2.75) is 6.42 Å². The van der Waals surface area contributed by atoms with Crippen LogP contribution >= 0.6 is 0 Å². The maximum absolute atomic E-state index is 12.5. The van der Waals surface area contributed by atoms with Crippen molar-refractivity contribution in [1.82, 2.24) is 10.2 Å². The molecule has 2 aromatic carbocycles. The van der Waals surface area contributed by atoms with Crippen LogP contribution in [0.25, 0.3) is 0 Å². The zero-order valence-electron chi connectivity index (χ0n) is 15.3. The lowest BCUT2D eigenvalue weighted by atomic mass is 10.1. The first-order chi connectivity index (χ1) is 13.2. The number of rotatable bonds is 7. The quantitative estimate of drug-likeness (QED) is 0.785. The van der Waals surface area contributed by atoms with Gasteiger partial charge in [0.05, 0.1) is 19.8 Å². The maximum atomic E-state index is 12.5. The number of nitrogens with one attached hydrogen (secondary N) is 2. The number of hydrogen-bond donors (Lipinski definition) is 2. The molecule has 0 saturated carbocycles. The van der Waals surface area contributed by atoms with Gasteiger partial charge in [0.15, 0.2) is 0 Å². The fourth-order valence-electron chi connectivity index (χ4n) is 2.95. The summed E-state index contributed by atoms with van der Waals surface area (Å²) in [5.74, 6) is -0.0786. The molecular formula is C21H25N3O3. The SMILES string of the molecule is O=C(CNc1cccc(C(=O)N2CCOCC2)c1)NCCc1ccccc1. The van der Waals surface area contributed by atoms with Gasteiger partial charge in [-0.25, -0.2) is 0 Å². The molecule has 142 valence electrons. The predicted molar refractivity (Wildman–Crippen MR) is 105 cm³/mol. The van der Waals surface area contributed by atoms with E-state index in [-0.39, 0.29) is 18.4 Å². The van der Waals surface area contributed by atoms with Gasteiger partial charge in [-0.05, 0) is 30.2 Å². The summed E-state index contributed by atoms with van der Waals surface area (Å²) in [5.41, 5.74) is 2.57. The van der Waals surface area contributed by atoms with Gasteiger partial charge in [-0.1, -0.05) is 36.4 Å². The summed E-state index contributed by atoms with van der Waals surface area (Å²) in [5, 5.41) is 5.98. The fourth-order valence-corrected chi connectivity index (χ4v) is 2.95. The second kappa shape index (κ2) is 9.73. The Morgan fingerprint density at radius 2 is 1.78 bits per heavy atom. The molecule has 1 aliphatic rings. The third-order valence-corrected chi connectivity index (χ3v) is 4.44. The first-order valence-corrected chi connectivity index (χ1v) is 9.24. The summed E-state index contributed by atoms with van der Waals surface area (Å²) in [6.07, 6.45) is 0.802. The van der Waals surface area contributed by atoms with E-state index >= 15 is 0 Å². The topological polar surface area (TPSA) is 70.7 Å². The summed E-state index contributed by atoms with van der Waals surface area (Å²) < 4.78 is 5.28. The highest BCUT2D eigenvalue weighted by Gasteiger charge is 2.18. The van der Waals surface area contributed by atoms with Gasteiger partial charge in [0.25, 0.3) is 5.91 Å². The molecule has 2 aromatic rings. The van der Waals surface area contributed by atoms with Crippen LogP contribution in [0.2, 0.25) is 0 Å². The van der Waals surface area contributed by atoms with Crippen molar-refractivity contribution in [1.29, 1.82) is 0 Å². The molecule has 1 heterocycles. The molecule has 0 spiro atoms. The summed E-state index contributed by atoms with van der Waals surface area (Å²) in [6.45, 7) is 3.14. The predicted octanol–water partition coefficient (Wildman–Crippen LogP) is 1.93. The molecule has 2 amide bonds. The number of ether oxygens (including phenoxy) is 1. The molecular weight excluding hydrogens is 342 g/mol. The van der Waals surface area contributed by atoms with E-state index in [1.165, 1.54) is 5.56 Å². The molecule has 6 heteroatoms. The first-order valence-electron chi connectivity index (χ1n) is 9.24. The van der Waals surface area contributed by atoms with Crippen molar-refractivity contribution >= 4 is 17.5 Å². The molecule has 1 fully saturated rings. The van der Waals surface area contributed by atoms with Crippen molar-refractivity contribution in [3.8, 4) is 0 Å². The van der Waals surface area contributed by atoms with Crippen LogP contribution in [-0.4, -0.2) is 56.1 Å². The van der Waals surface area contributed by atoms with Gasteiger partial charge in [0.2, 0.25) is 5.91 Å². The smallest absolute Gasteiger partial charge is 0.254 e. The summed E-state index contributed by atoms with van der Waals surface area (Å²) in [6, 6.07) is 17.3. The Hall–Kier alpha value is -2.86. The van der Waals surface area contributed by atoms with Crippen LogP contribution in [0, 0.1) is 0 Å². The molecule has 2 N–H and O–H groups in total. The Morgan fingerprint density at radius 1 is 1.00 bits per heavy atom. The Labute approximate surface area is 159 Å². The van der Waals surface area contributed by atoms with Crippen LogP contribution in [0.1, 0.15) is 15.9 Å². The minimum atomic E-state index is -0.0733. The lowest BCUT2D eigenvalue weighted by Gasteiger charge is -2.27. The zero-order chi connectivity index (χ0) is 18.9. The number of amides is 2. The van der Waals surface area contributed by atoms with E-state index in [2.05, 4.69) is 10.6 Å². The van der Waals surface area contributed by atoms with E-state index in [9.17, 15) is 9.59 Å². The molecule has 0 aliphatic carbocycles. The molecule has 0 bridgehead atoms. The Morgan fingerprint density at radius 3 is 2.56 bits per heavy atom. The summed E-state index contributed by atoms with van der Waals surface area (Å²) in [4.78, 5) is 26.3. The van der Waals surface area contributed by atoms with E-state index < -0.39 is 0 Å². The van der Waals surface area contributed by atoms with Gasteiger partial charge in [0, 0.05) is 30.9 Å². The van der Waals surface area contributed by atoms with E-state index in [0.29, 0.717) is 38.4 Å². The molecule has 1 aliphatic heterocycles. The van der Waals surface area contributed by atoms with Crippen LogP contribution in [-0.2, 0) is 16.0 Å². The van der Waals surface area contributed by atoms with E-state index in [1.54, 1.807) is 17.0 Å². The minimum absolute atomic E-state index is 0.00531. The van der Waals surface area contributed by atoms with Crippen LogP contribution in [0.15, 0.2) is 54.6 Å². The molecule has 0 radical (unpaired) electrons. The zero-order valence-corrected chi connectivity index (χ0v) is 15.3. The molecule has 0 unspecified atom stereocenters. The van der Waals surface area contributed by atoms with Gasteiger partial charge >= 0.3 is 0 Å². The number of nitrogens with zero attached hydrogens (tertiary/aromatic N) is 1. The minimum Gasteiger partial charge on any atom is -0.378 e. The second-order valence-electron chi connectivity index (χ2n) is 6.42. The van der Waals surface area contributed by atoms with Gasteiger partial charge in [-0.15, -0.1) is 0 Å². The van der Waals surface area contributed by atoms with Crippen molar-refractivity contribution in [3.05, 3.63) is 65.7 Å². The molecule has 1 saturated heterocycles. The highest BCUT2D eigenvalue weighted by molar-refractivity contribution is 5.95. The first kappa shape index (κ1) is 18.9. The average molecular weight is 367 g/mol. The maximum Gasteiger partial charge on any atom is 0.254 e. The molecule has 27 heavy (non-hydrogen) atoms. The lowest BCUT2D eigenvalue weighted by molar-refractivity contribution is -0.119. The van der Waals surface area contributed by atoms with E-state index in [0.717, 1.165) is 12.1 Å². The normalized spacial score (nSPS) is 13.9. The molecule has 6 nitrogen and oxygen atoms in total. The van der Waals surface area contributed by atoms with Crippen LogP contribution in [0.3, 0.4) is 0 Å². The number of hydrogen-bond acceptors (Lipinski definition) is 4. The van der Waals surface area contributed by atoms with Crippen molar-refractivity contribution < 1.29 is 14.3 Å². The van der Waals surface area contributed by atoms with Crippen LogP contribution < -0.4 is 10.6 Å². The fraction of sp³-hybridized carbons (Fsp3) is 0.333. The lowest BCUT2D eigenvalue weighted by Crippen LogP contribution is -2.40. The second-order valence-corrected chi connectivity index (χ2v) is 6.42. The van der Waals surface area contributed by atoms with Crippen molar-refractivity contribution in [2.75, 3.05) is 44.7 Å². The summed E-state index contributed by atoms with van der Waals surface area (Å²) in [7, 11) is 0. The Kier molecular flexibility index (Phi) is 6.82. The van der Waals surface area contributed by atoms with Gasteiger partial charge in [-0.2, -0.15) is 0 Å². The van der Waals surface area contributed by atoms with Gasteiger partial charge < -0.3 is 20.3 Å². The highest BCUT2D eigenvalue weighted by atomic mass is 16.5. The average Bonchev–Trinajstić information content (AvgIpc) is 2.73. The van der Waals surface area contributed by atoms with E-state index in [1.807, 2.05) is 42.5 Å². The summed E-state index contributed by atoms with van der Waals surface area (Å²) >= 11 is 0. The van der Waals surface area contributed by atoms with Crippen molar-refractivity contribution in [3.63, 3.8) is 0 Å². The number of anilines is 1. The third kappa shape index (κ3) is 5.82. The Balaban J connectivity index is 1.45.